The van der Waals surface area contributed by atoms with E-state index in [4.69, 9.17) is 10.6 Å². The maximum atomic E-state index is 11.0. The second-order valence-electron chi connectivity index (χ2n) is 3.09. The summed E-state index contributed by atoms with van der Waals surface area (Å²) in [6.45, 7) is 2.04. The van der Waals surface area contributed by atoms with Crippen molar-refractivity contribution >= 4 is 21.8 Å². The van der Waals surface area contributed by atoms with Crippen molar-refractivity contribution in [2.24, 2.45) is 5.84 Å². The third-order valence-electron chi connectivity index (χ3n) is 1.90. The molecule has 0 saturated heterocycles. The molecule has 0 aliphatic carbocycles. The van der Waals surface area contributed by atoms with E-state index >= 15 is 0 Å². The quantitative estimate of drug-likeness (QED) is 0.494. The molecule has 0 spiro atoms. The maximum absolute atomic E-state index is 11.0. The number of rotatable bonds is 4. The fourth-order valence-corrected chi connectivity index (χ4v) is 1.49. The van der Waals surface area contributed by atoms with Crippen LogP contribution < -0.4 is 11.3 Å². The van der Waals surface area contributed by atoms with E-state index in [0.29, 0.717) is 6.61 Å². The molecule has 0 saturated carbocycles. The van der Waals surface area contributed by atoms with Gasteiger partial charge in [0.1, 0.15) is 6.10 Å². The van der Waals surface area contributed by atoms with Crippen LogP contribution in [0.4, 0.5) is 0 Å². The second-order valence-corrected chi connectivity index (χ2v) is 4.01. The van der Waals surface area contributed by atoms with Gasteiger partial charge in [-0.15, -0.1) is 0 Å². The predicted molar refractivity (Wildman–Crippen MR) is 60.7 cm³/mol. The highest BCUT2D eigenvalue weighted by Gasteiger charge is 2.11. The first-order chi connectivity index (χ1) is 7.13. The Morgan fingerprint density at radius 3 is 3.00 bits per heavy atom. The number of ether oxygens (including phenoxy) is 1. The van der Waals surface area contributed by atoms with Crippen molar-refractivity contribution in [1.82, 2.24) is 5.43 Å². The molecule has 1 aromatic rings. The summed E-state index contributed by atoms with van der Waals surface area (Å²) >= 11 is 3.36. The van der Waals surface area contributed by atoms with Crippen molar-refractivity contribution in [3.05, 3.63) is 34.3 Å². The Morgan fingerprint density at radius 2 is 2.40 bits per heavy atom. The zero-order chi connectivity index (χ0) is 11.3. The number of carbonyl (C=O) groups excluding carboxylic acids is 1. The van der Waals surface area contributed by atoms with Gasteiger partial charge >= 0.3 is 0 Å². The van der Waals surface area contributed by atoms with Gasteiger partial charge in [-0.1, -0.05) is 28.1 Å². The SMILES string of the molecule is CC(OCc1cccc(Br)c1)C(=O)NN. The van der Waals surface area contributed by atoms with Gasteiger partial charge in [-0.25, -0.2) is 5.84 Å². The van der Waals surface area contributed by atoms with E-state index < -0.39 is 6.10 Å². The molecule has 3 N–H and O–H groups in total. The summed E-state index contributed by atoms with van der Waals surface area (Å²) < 4.78 is 6.31. The highest BCUT2D eigenvalue weighted by molar-refractivity contribution is 9.10. The number of hydrazine groups is 1. The first kappa shape index (κ1) is 12.2. The van der Waals surface area contributed by atoms with E-state index in [9.17, 15) is 4.79 Å². The molecular formula is C10H13BrN2O2. The van der Waals surface area contributed by atoms with Crippen LogP contribution in [0.25, 0.3) is 0 Å². The number of nitrogens with one attached hydrogen (secondary N) is 1. The third kappa shape index (κ3) is 3.99. The van der Waals surface area contributed by atoms with E-state index in [1.807, 2.05) is 29.7 Å². The Kier molecular flexibility index (Phi) is 4.74. The molecular weight excluding hydrogens is 260 g/mol. The van der Waals surface area contributed by atoms with E-state index in [0.717, 1.165) is 10.0 Å². The van der Waals surface area contributed by atoms with Gasteiger partial charge in [-0.05, 0) is 24.6 Å². The monoisotopic (exact) mass is 272 g/mol. The molecule has 0 fully saturated rings. The largest absolute Gasteiger partial charge is 0.364 e. The minimum absolute atomic E-state index is 0.329. The lowest BCUT2D eigenvalue weighted by Crippen LogP contribution is -2.38. The number of nitrogens with two attached hydrogens (primary N) is 1. The van der Waals surface area contributed by atoms with Crippen molar-refractivity contribution in [3.8, 4) is 0 Å². The van der Waals surface area contributed by atoms with E-state index in [2.05, 4.69) is 15.9 Å². The van der Waals surface area contributed by atoms with E-state index in [-0.39, 0.29) is 5.91 Å². The first-order valence-electron chi connectivity index (χ1n) is 4.50. The van der Waals surface area contributed by atoms with Crippen LogP contribution in [-0.2, 0) is 16.1 Å². The average molecular weight is 273 g/mol. The number of benzene rings is 1. The van der Waals surface area contributed by atoms with Crippen LogP contribution in [0.2, 0.25) is 0 Å². The molecule has 0 heterocycles. The zero-order valence-electron chi connectivity index (χ0n) is 8.37. The molecule has 4 nitrogen and oxygen atoms in total. The molecule has 1 atom stereocenters. The number of halogens is 1. The van der Waals surface area contributed by atoms with Gasteiger partial charge in [-0.3, -0.25) is 10.2 Å². The van der Waals surface area contributed by atoms with Crippen LogP contribution in [0.1, 0.15) is 12.5 Å². The Labute approximate surface area is 96.9 Å². The van der Waals surface area contributed by atoms with Crippen LogP contribution in [0.3, 0.4) is 0 Å². The Hall–Kier alpha value is -0.910. The standard InChI is InChI=1S/C10H13BrN2O2/c1-7(10(14)13-12)15-6-8-3-2-4-9(11)5-8/h2-5,7H,6,12H2,1H3,(H,13,14). The molecule has 0 radical (unpaired) electrons. The second kappa shape index (κ2) is 5.85. The summed E-state index contributed by atoms with van der Waals surface area (Å²) in [6, 6.07) is 7.71. The molecule has 1 rings (SSSR count). The minimum atomic E-state index is -0.547. The Morgan fingerprint density at radius 1 is 1.67 bits per heavy atom. The Balaban J connectivity index is 2.47. The fraction of sp³-hybridized carbons (Fsp3) is 0.300. The van der Waals surface area contributed by atoms with Crippen LogP contribution >= 0.6 is 15.9 Å². The molecule has 1 unspecified atom stereocenters. The van der Waals surface area contributed by atoms with Crippen LogP contribution in [-0.4, -0.2) is 12.0 Å². The predicted octanol–water partition coefficient (Wildman–Crippen LogP) is 1.34. The normalized spacial score (nSPS) is 12.2. The van der Waals surface area contributed by atoms with Gasteiger partial charge in [0, 0.05) is 4.47 Å². The summed E-state index contributed by atoms with van der Waals surface area (Å²) in [5.41, 5.74) is 3.04. The Bertz CT molecular complexity index is 344. The van der Waals surface area contributed by atoms with Crippen molar-refractivity contribution in [3.63, 3.8) is 0 Å². The van der Waals surface area contributed by atoms with Crippen molar-refractivity contribution < 1.29 is 9.53 Å². The number of hydrogen-bond acceptors (Lipinski definition) is 3. The molecule has 0 aliphatic heterocycles. The third-order valence-corrected chi connectivity index (χ3v) is 2.39. The van der Waals surface area contributed by atoms with Crippen molar-refractivity contribution in [2.75, 3.05) is 0 Å². The molecule has 0 aromatic heterocycles. The molecule has 5 heteroatoms. The van der Waals surface area contributed by atoms with Gasteiger partial charge in [0.2, 0.25) is 0 Å². The molecule has 1 aromatic carbocycles. The number of carbonyl (C=O) groups is 1. The minimum Gasteiger partial charge on any atom is -0.364 e. The number of hydrogen-bond donors (Lipinski definition) is 2. The first-order valence-corrected chi connectivity index (χ1v) is 5.29. The van der Waals surface area contributed by atoms with Gasteiger partial charge in [0.25, 0.3) is 5.91 Å². The maximum Gasteiger partial charge on any atom is 0.262 e. The summed E-state index contributed by atoms with van der Waals surface area (Å²) in [5, 5.41) is 0. The van der Waals surface area contributed by atoms with Crippen molar-refractivity contribution in [2.45, 2.75) is 19.6 Å². The highest BCUT2D eigenvalue weighted by atomic mass is 79.9. The van der Waals surface area contributed by atoms with Crippen LogP contribution in [0.15, 0.2) is 28.7 Å². The molecule has 82 valence electrons. The lowest BCUT2D eigenvalue weighted by molar-refractivity contribution is -0.132. The molecule has 0 bridgehead atoms. The van der Waals surface area contributed by atoms with Gasteiger partial charge in [0.05, 0.1) is 6.61 Å². The summed E-state index contributed by atoms with van der Waals surface area (Å²) in [7, 11) is 0. The van der Waals surface area contributed by atoms with E-state index in [1.54, 1.807) is 6.92 Å². The van der Waals surface area contributed by atoms with E-state index in [1.165, 1.54) is 0 Å². The summed E-state index contributed by atoms with van der Waals surface area (Å²) in [4.78, 5) is 11.0. The fourth-order valence-electron chi connectivity index (χ4n) is 1.04. The van der Waals surface area contributed by atoms with Gasteiger partial charge < -0.3 is 4.74 Å². The molecule has 15 heavy (non-hydrogen) atoms. The van der Waals surface area contributed by atoms with Crippen LogP contribution in [0.5, 0.6) is 0 Å². The van der Waals surface area contributed by atoms with Crippen LogP contribution in [0, 0.1) is 0 Å². The zero-order valence-corrected chi connectivity index (χ0v) is 9.95. The van der Waals surface area contributed by atoms with Crippen molar-refractivity contribution in [1.29, 1.82) is 0 Å². The molecule has 0 aliphatic rings. The lowest BCUT2D eigenvalue weighted by atomic mass is 10.2. The lowest BCUT2D eigenvalue weighted by Gasteiger charge is -2.11. The highest BCUT2D eigenvalue weighted by Crippen LogP contribution is 2.12. The number of amides is 1. The smallest absolute Gasteiger partial charge is 0.262 e. The summed E-state index contributed by atoms with van der Waals surface area (Å²) in [6.07, 6.45) is -0.547. The summed E-state index contributed by atoms with van der Waals surface area (Å²) in [5.74, 6) is 4.65. The van der Waals surface area contributed by atoms with Gasteiger partial charge in [0.15, 0.2) is 0 Å². The molecule has 1 amide bonds. The van der Waals surface area contributed by atoms with Gasteiger partial charge in [-0.2, -0.15) is 0 Å². The average Bonchev–Trinajstić information content (AvgIpc) is 2.25. The topological polar surface area (TPSA) is 64.3 Å².